The average molecular weight is 232 g/mol. The van der Waals surface area contributed by atoms with Crippen LogP contribution in [0.3, 0.4) is 0 Å². The van der Waals surface area contributed by atoms with E-state index in [1.807, 2.05) is 30.5 Å². The number of isothiocyanates is 1. The van der Waals surface area contributed by atoms with Crippen LogP contribution >= 0.6 is 24.0 Å². The number of rotatable bonds is 2. The molecule has 0 bridgehead atoms. The normalized spacial score (nSPS) is 9.93. The van der Waals surface area contributed by atoms with E-state index < -0.39 is 0 Å². The number of benzene rings is 1. The summed E-state index contributed by atoms with van der Waals surface area (Å²) in [4.78, 5) is 9.53. The highest BCUT2D eigenvalue weighted by Crippen LogP contribution is 2.30. The van der Waals surface area contributed by atoms with Crippen LogP contribution in [0.15, 0.2) is 40.4 Å². The van der Waals surface area contributed by atoms with Gasteiger partial charge in [0.2, 0.25) is 0 Å². The Labute approximate surface area is 97.4 Å². The zero-order chi connectivity index (χ0) is 10.7. The van der Waals surface area contributed by atoms with E-state index in [1.165, 1.54) is 0 Å². The summed E-state index contributed by atoms with van der Waals surface area (Å²) in [5.41, 5.74) is 1.79. The van der Waals surface area contributed by atoms with Gasteiger partial charge in [0, 0.05) is 16.5 Å². The third-order valence-corrected chi connectivity index (χ3v) is 2.96. The van der Waals surface area contributed by atoms with Gasteiger partial charge in [0.1, 0.15) is 0 Å². The van der Waals surface area contributed by atoms with Crippen molar-refractivity contribution in [1.82, 2.24) is 4.98 Å². The Morgan fingerprint density at radius 2 is 2.27 bits per heavy atom. The first-order valence-corrected chi connectivity index (χ1v) is 5.99. The van der Waals surface area contributed by atoms with Gasteiger partial charge in [-0.15, -0.1) is 11.8 Å². The van der Waals surface area contributed by atoms with Crippen molar-refractivity contribution >= 4 is 45.7 Å². The number of thiocarbonyl (C=S) groups is 1. The van der Waals surface area contributed by atoms with Crippen molar-refractivity contribution in [2.75, 3.05) is 6.26 Å². The fourth-order valence-corrected chi connectivity index (χ4v) is 2.11. The standard InChI is InChI=1S/C11H8N2S2/c1-15-10-4-2-3-8-9(13-7-14)5-6-12-11(8)10/h2-6H,1H3. The van der Waals surface area contributed by atoms with E-state index in [9.17, 15) is 0 Å². The van der Waals surface area contributed by atoms with Crippen molar-refractivity contribution in [3.63, 3.8) is 0 Å². The van der Waals surface area contributed by atoms with E-state index in [4.69, 9.17) is 0 Å². The van der Waals surface area contributed by atoms with Gasteiger partial charge < -0.3 is 0 Å². The van der Waals surface area contributed by atoms with Crippen LogP contribution in [-0.4, -0.2) is 16.4 Å². The minimum atomic E-state index is 0.825. The highest BCUT2D eigenvalue weighted by atomic mass is 32.2. The number of aromatic nitrogens is 1. The van der Waals surface area contributed by atoms with Crippen LogP contribution in [0.2, 0.25) is 0 Å². The third kappa shape index (κ3) is 1.92. The first-order chi connectivity index (χ1) is 7.36. The van der Waals surface area contributed by atoms with E-state index >= 15 is 0 Å². The monoisotopic (exact) mass is 232 g/mol. The molecule has 0 saturated heterocycles. The van der Waals surface area contributed by atoms with E-state index in [0.29, 0.717) is 0 Å². The zero-order valence-corrected chi connectivity index (χ0v) is 9.73. The number of pyridine rings is 1. The Kier molecular flexibility index (Phi) is 3.11. The SMILES string of the molecule is CSc1cccc2c(N=C=S)ccnc12. The Balaban J connectivity index is 2.81. The molecule has 0 N–H and O–H groups in total. The molecular weight excluding hydrogens is 224 g/mol. The maximum Gasteiger partial charge on any atom is 0.0859 e. The summed E-state index contributed by atoms with van der Waals surface area (Å²) in [6.45, 7) is 0. The van der Waals surface area contributed by atoms with Crippen LogP contribution in [0.4, 0.5) is 5.69 Å². The van der Waals surface area contributed by atoms with Gasteiger partial charge in [0.15, 0.2) is 0 Å². The van der Waals surface area contributed by atoms with Crippen LogP contribution in [0.25, 0.3) is 10.9 Å². The Hall–Kier alpha value is -1.22. The minimum absolute atomic E-state index is 0.825. The topological polar surface area (TPSA) is 25.2 Å². The molecule has 0 saturated carbocycles. The molecule has 74 valence electrons. The van der Waals surface area contributed by atoms with Gasteiger partial charge in [-0.3, -0.25) is 4.98 Å². The maximum atomic E-state index is 4.62. The second-order valence-corrected chi connectivity index (χ2v) is 3.92. The quantitative estimate of drug-likeness (QED) is 0.448. The molecule has 0 fully saturated rings. The van der Waals surface area contributed by atoms with Crippen LogP contribution < -0.4 is 0 Å². The summed E-state index contributed by atoms with van der Waals surface area (Å²) in [7, 11) is 0. The molecular formula is C11H8N2S2. The van der Waals surface area contributed by atoms with Crippen molar-refractivity contribution in [3.05, 3.63) is 30.5 Å². The number of thioether (sulfide) groups is 1. The summed E-state index contributed by atoms with van der Waals surface area (Å²) in [6, 6.07) is 7.88. The molecule has 0 atom stereocenters. The molecule has 2 rings (SSSR count). The smallest absolute Gasteiger partial charge is 0.0859 e. The molecule has 1 aromatic carbocycles. The fraction of sp³-hybridized carbons (Fsp3) is 0.0909. The highest BCUT2D eigenvalue weighted by molar-refractivity contribution is 7.98. The molecule has 0 aliphatic heterocycles. The van der Waals surface area contributed by atoms with Crippen LogP contribution in [0, 0.1) is 0 Å². The average Bonchev–Trinajstić information content (AvgIpc) is 2.29. The molecule has 0 spiro atoms. The lowest BCUT2D eigenvalue weighted by atomic mass is 10.2. The molecule has 0 aliphatic rings. The van der Waals surface area contributed by atoms with Gasteiger partial charge in [-0.2, -0.15) is 4.99 Å². The Morgan fingerprint density at radius 3 is 3.00 bits per heavy atom. The van der Waals surface area contributed by atoms with Gasteiger partial charge in [-0.1, -0.05) is 12.1 Å². The molecule has 2 aromatic rings. The summed E-state index contributed by atoms with van der Waals surface area (Å²) in [5.74, 6) is 0. The predicted octanol–water partition coefficient (Wildman–Crippen LogP) is 3.69. The second kappa shape index (κ2) is 4.53. The van der Waals surface area contributed by atoms with E-state index in [2.05, 4.69) is 27.4 Å². The number of aliphatic imine (C=N–C) groups is 1. The number of nitrogens with zero attached hydrogens (tertiary/aromatic N) is 2. The number of para-hydroxylation sites is 1. The lowest BCUT2D eigenvalue weighted by molar-refractivity contribution is 1.34. The summed E-state index contributed by atoms with van der Waals surface area (Å²) in [6.07, 6.45) is 3.78. The molecule has 1 aromatic heterocycles. The maximum absolute atomic E-state index is 4.62. The van der Waals surface area contributed by atoms with E-state index in [-0.39, 0.29) is 0 Å². The minimum Gasteiger partial charge on any atom is -0.255 e. The molecule has 0 radical (unpaired) electrons. The van der Waals surface area contributed by atoms with Gasteiger partial charge in [-0.25, -0.2) is 0 Å². The highest BCUT2D eigenvalue weighted by Gasteiger charge is 2.03. The lowest BCUT2D eigenvalue weighted by Crippen LogP contribution is -1.81. The molecule has 2 nitrogen and oxygen atoms in total. The number of fused-ring (bicyclic) bond motifs is 1. The Morgan fingerprint density at radius 1 is 1.40 bits per heavy atom. The summed E-state index contributed by atoms with van der Waals surface area (Å²) in [5, 5.41) is 3.40. The van der Waals surface area contributed by atoms with Gasteiger partial charge >= 0.3 is 0 Å². The third-order valence-electron chi connectivity index (χ3n) is 2.10. The molecule has 0 amide bonds. The number of hydrogen-bond acceptors (Lipinski definition) is 4. The lowest BCUT2D eigenvalue weighted by Gasteiger charge is -2.03. The van der Waals surface area contributed by atoms with Crippen molar-refractivity contribution in [2.45, 2.75) is 4.90 Å². The summed E-state index contributed by atoms with van der Waals surface area (Å²) >= 11 is 6.29. The molecule has 15 heavy (non-hydrogen) atoms. The molecule has 0 unspecified atom stereocenters. The molecule has 0 aliphatic carbocycles. The Bertz CT molecular complexity index is 545. The van der Waals surface area contributed by atoms with Gasteiger partial charge in [0.25, 0.3) is 0 Å². The second-order valence-electron chi connectivity index (χ2n) is 2.89. The molecule has 1 heterocycles. The molecule has 4 heteroatoms. The van der Waals surface area contributed by atoms with Crippen molar-refractivity contribution in [2.24, 2.45) is 4.99 Å². The largest absolute Gasteiger partial charge is 0.255 e. The van der Waals surface area contributed by atoms with E-state index in [0.717, 1.165) is 21.5 Å². The van der Waals surface area contributed by atoms with Gasteiger partial charge in [0.05, 0.1) is 16.4 Å². The first kappa shape index (κ1) is 10.3. The van der Waals surface area contributed by atoms with Crippen molar-refractivity contribution < 1.29 is 0 Å². The summed E-state index contributed by atoms with van der Waals surface area (Å²) < 4.78 is 0. The predicted molar refractivity (Wildman–Crippen MR) is 68.2 cm³/mol. The van der Waals surface area contributed by atoms with Crippen LogP contribution in [-0.2, 0) is 0 Å². The van der Waals surface area contributed by atoms with Crippen molar-refractivity contribution in [3.8, 4) is 0 Å². The van der Waals surface area contributed by atoms with Crippen LogP contribution in [0.5, 0.6) is 0 Å². The van der Waals surface area contributed by atoms with Crippen molar-refractivity contribution in [1.29, 1.82) is 0 Å². The fourth-order valence-electron chi connectivity index (χ4n) is 1.45. The van der Waals surface area contributed by atoms with Gasteiger partial charge in [-0.05, 0) is 30.6 Å². The number of hydrogen-bond donors (Lipinski definition) is 0. The van der Waals surface area contributed by atoms with E-state index in [1.54, 1.807) is 18.0 Å². The van der Waals surface area contributed by atoms with Crippen LogP contribution in [0.1, 0.15) is 0 Å². The zero-order valence-electron chi connectivity index (χ0n) is 8.10. The first-order valence-electron chi connectivity index (χ1n) is 4.36.